The van der Waals surface area contributed by atoms with E-state index in [-0.39, 0.29) is 22.6 Å². The van der Waals surface area contributed by atoms with Crippen molar-refractivity contribution in [1.29, 1.82) is 0 Å². The number of methoxy groups -OCH3 is 2. The Balaban J connectivity index is 3.05. The van der Waals surface area contributed by atoms with E-state index >= 15 is 0 Å². The van der Waals surface area contributed by atoms with Crippen LogP contribution in [0.4, 0.5) is 0 Å². The van der Waals surface area contributed by atoms with Gasteiger partial charge in [0.05, 0.1) is 19.8 Å². The second kappa shape index (κ2) is 7.39. The van der Waals surface area contributed by atoms with E-state index in [0.717, 1.165) is 0 Å². The van der Waals surface area contributed by atoms with Crippen LogP contribution in [-0.2, 0) is 26.0 Å². The first-order chi connectivity index (χ1) is 9.77. The van der Waals surface area contributed by atoms with E-state index in [1.807, 2.05) is 0 Å². The molecule has 1 aromatic rings. The summed E-state index contributed by atoms with van der Waals surface area (Å²) >= 11 is 0. The number of nitrogens with one attached hydrogen (secondary N) is 1. The highest BCUT2D eigenvalue weighted by molar-refractivity contribution is 7.89. The van der Waals surface area contributed by atoms with Gasteiger partial charge in [0, 0.05) is 14.0 Å². The largest absolute Gasteiger partial charge is 0.495 e. The van der Waals surface area contributed by atoms with Crippen molar-refractivity contribution in [3.8, 4) is 5.75 Å². The summed E-state index contributed by atoms with van der Waals surface area (Å²) in [6, 6.07) is 4.44. The average molecular weight is 316 g/mol. The molecule has 0 fully saturated rings. The van der Waals surface area contributed by atoms with Crippen molar-refractivity contribution in [1.82, 2.24) is 5.32 Å². The Kier molecular flexibility index (Phi) is 6.13. The van der Waals surface area contributed by atoms with Crippen LogP contribution < -0.4 is 15.2 Å². The molecule has 0 saturated heterocycles. The first kappa shape index (κ1) is 17.4. The molecule has 0 aliphatic rings. The smallest absolute Gasteiger partial charge is 0.241 e. The third-order valence-electron chi connectivity index (χ3n) is 2.79. The van der Waals surface area contributed by atoms with Crippen LogP contribution in [0.1, 0.15) is 12.5 Å². The van der Waals surface area contributed by atoms with Gasteiger partial charge >= 0.3 is 0 Å². The summed E-state index contributed by atoms with van der Waals surface area (Å²) in [5.41, 5.74) is 0.704. The number of primary sulfonamides is 1. The van der Waals surface area contributed by atoms with E-state index in [4.69, 9.17) is 14.6 Å². The number of carbonyl (C=O) groups is 1. The van der Waals surface area contributed by atoms with Gasteiger partial charge in [0.15, 0.2) is 0 Å². The van der Waals surface area contributed by atoms with Gasteiger partial charge in [-0.25, -0.2) is 13.6 Å². The van der Waals surface area contributed by atoms with E-state index in [0.29, 0.717) is 18.6 Å². The molecule has 0 aliphatic carbocycles. The molecule has 1 aromatic carbocycles. The van der Waals surface area contributed by atoms with Gasteiger partial charge in [0.1, 0.15) is 10.6 Å². The van der Waals surface area contributed by atoms with Crippen molar-refractivity contribution in [2.75, 3.05) is 20.8 Å². The van der Waals surface area contributed by atoms with Crippen LogP contribution in [0.5, 0.6) is 5.75 Å². The molecular weight excluding hydrogens is 296 g/mol. The van der Waals surface area contributed by atoms with E-state index in [9.17, 15) is 13.2 Å². The Labute approximate surface area is 124 Å². The van der Waals surface area contributed by atoms with E-state index in [1.165, 1.54) is 33.3 Å². The SMILES string of the molecule is COC[C@H](Cc1ccc(OC)c(S(N)(=O)=O)c1)NC(C)=O. The van der Waals surface area contributed by atoms with Crippen LogP contribution >= 0.6 is 0 Å². The lowest BCUT2D eigenvalue weighted by atomic mass is 10.1. The molecular formula is C13H20N2O5S. The van der Waals surface area contributed by atoms with Crippen molar-refractivity contribution >= 4 is 15.9 Å². The molecule has 0 radical (unpaired) electrons. The molecule has 0 aliphatic heterocycles. The molecule has 1 atom stereocenters. The zero-order valence-electron chi connectivity index (χ0n) is 12.3. The molecule has 7 nitrogen and oxygen atoms in total. The summed E-state index contributed by atoms with van der Waals surface area (Å²) in [5, 5.41) is 7.91. The molecule has 118 valence electrons. The normalized spacial score (nSPS) is 12.8. The van der Waals surface area contributed by atoms with Gasteiger partial charge in [-0.05, 0) is 24.1 Å². The number of benzene rings is 1. The molecule has 0 saturated carbocycles. The molecule has 0 unspecified atom stereocenters. The summed E-state index contributed by atoms with van der Waals surface area (Å²) in [6.45, 7) is 1.72. The maximum absolute atomic E-state index is 11.6. The highest BCUT2D eigenvalue weighted by atomic mass is 32.2. The monoisotopic (exact) mass is 316 g/mol. The van der Waals surface area contributed by atoms with Crippen LogP contribution in [0.3, 0.4) is 0 Å². The minimum Gasteiger partial charge on any atom is -0.495 e. The minimum absolute atomic E-state index is 0.0820. The van der Waals surface area contributed by atoms with Crippen molar-refractivity contribution in [2.45, 2.75) is 24.3 Å². The van der Waals surface area contributed by atoms with Crippen molar-refractivity contribution in [3.63, 3.8) is 0 Å². The van der Waals surface area contributed by atoms with Gasteiger partial charge in [-0.1, -0.05) is 6.07 Å². The molecule has 3 N–H and O–H groups in total. The van der Waals surface area contributed by atoms with Gasteiger partial charge in [0.25, 0.3) is 0 Å². The quantitative estimate of drug-likeness (QED) is 0.738. The van der Waals surface area contributed by atoms with Crippen molar-refractivity contribution < 1.29 is 22.7 Å². The number of sulfonamides is 1. The fourth-order valence-electron chi connectivity index (χ4n) is 2.00. The summed E-state index contributed by atoms with van der Waals surface area (Å²) in [6.07, 6.45) is 0.417. The van der Waals surface area contributed by atoms with Crippen LogP contribution in [-0.4, -0.2) is 41.2 Å². The fourth-order valence-corrected chi connectivity index (χ4v) is 2.74. The first-order valence-electron chi connectivity index (χ1n) is 6.23. The first-order valence-corrected chi connectivity index (χ1v) is 7.78. The van der Waals surface area contributed by atoms with Gasteiger partial charge in [-0.3, -0.25) is 4.79 Å². The third-order valence-corrected chi connectivity index (χ3v) is 3.72. The standard InChI is InChI=1S/C13H20N2O5S/c1-9(16)15-11(8-19-2)6-10-4-5-12(20-3)13(7-10)21(14,17)18/h4-5,7,11H,6,8H2,1-3H3,(H,15,16)(H2,14,17,18)/t11-/m0/s1. The van der Waals surface area contributed by atoms with Gasteiger partial charge < -0.3 is 14.8 Å². The lowest BCUT2D eigenvalue weighted by Gasteiger charge is -2.18. The zero-order chi connectivity index (χ0) is 16.0. The Hall–Kier alpha value is -1.64. The number of ether oxygens (including phenoxy) is 2. The van der Waals surface area contributed by atoms with Crippen LogP contribution in [0.15, 0.2) is 23.1 Å². The molecule has 0 aromatic heterocycles. The predicted molar refractivity (Wildman–Crippen MR) is 77.6 cm³/mol. The molecule has 0 spiro atoms. The molecule has 0 bridgehead atoms. The number of rotatable bonds is 7. The second-order valence-corrected chi connectivity index (χ2v) is 6.12. The number of hydrogen-bond acceptors (Lipinski definition) is 5. The van der Waals surface area contributed by atoms with Crippen LogP contribution in [0.25, 0.3) is 0 Å². The summed E-state index contributed by atoms with van der Waals surface area (Å²) in [4.78, 5) is 11.1. The van der Waals surface area contributed by atoms with Gasteiger partial charge in [0.2, 0.25) is 15.9 Å². The van der Waals surface area contributed by atoms with E-state index in [1.54, 1.807) is 6.07 Å². The van der Waals surface area contributed by atoms with Crippen LogP contribution in [0, 0.1) is 0 Å². The average Bonchev–Trinajstić information content (AvgIpc) is 2.37. The molecule has 8 heteroatoms. The third kappa shape index (κ3) is 5.33. The number of nitrogens with two attached hydrogens (primary N) is 1. The molecule has 1 rings (SSSR count). The Morgan fingerprint density at radius 1 is 1.38 bits per heavy atom. The minimum atomic E-state index is -3.88. The van der Waals surface area contributed by atoms with Crippen LogP contribution in [0.2, 0.25) is 0 Å². The lowest BCUT2D eigenvalue weighted by molar-refractivity contribution is -0.120. The topological polar surface area (TPSA) is 108 Å². The number of hydrogen-bond donors (Lipinski definition) is 2. The molecule has 21 heavy (non-hydrogen) atoms. The highest BCUT2D eigenvalue weighted by Crippen LogP contribution is 2.24. The highest BCUT2D eigenvalue weighted by Gasteiger charge is 2.17. The summed E-state index contributed by atoms with van der Waals surface area (Å²) in [5.74, 6) is 0.00120. The van der Waals surface area contributed by atoms with E-state index < -0.39 is 10.0 Å². The second-order valence-electron chi connectivity index (χ2n) is 4.59. The van der Waals surface area contributed by atoms with Gasteiger partial charge in [-0.15, -0.1) is 0 Å². The Morgan fingerprint density at radius 2 is 2.05 bits per heavy atom. The summed E-state index contributed by atoms with van der Waals surface area (Å²) in [7, 11) is -0.987. The van der Waals surface area contributed by atoms with E-state index in [2.05, 4.69) is 5.32 Å². The maximum Gasteiger partial charge on any atom is 0.241 e. The van der Waals surface area contributed by atoms with Gasteiger partial charge in [-0.2, -0.15) is 0 Å². The summed E-state index contributed by atoms with van der Waals surface area (Å²) < 4.78 is 33.1. The Morgan fingerprint density at radius 3 is 2.52 bits per heavy atom. The van der Waals surface area contributed by atoms with Crippen molar-refractivity contribution in [2.24, 2.45) is 5.14 Å². The fraction of sp³-hybridized carbons (Fsp3) is 0.462. The predicted octanol–water partition coefficient (Wildman–Crippen LogP) is 0.0362. The maximum atomic E-state index is 11.6. The number of amides is 1. The molecule has 1 amide bonds. The number of carbonyl (C=O) groups excluding carboxylic acids is 1. The lowest BCUT2D eigenvalue weighted by Crippen LogP contribution is -2.38. The Bertz CT molecular complexity index is 601. The zero-order valence-corrected chi connectivity index (χ0v) is 13.1. The van der Waals surface area contributed by atoms with Crippen molar-refractivity contribution in [3.05, 3.63) is 23.8 Å². The molecule has 0 heterocycles.